The lowest BCUT2D eigenvalue weighted by molar-refractivity contribution is 0.0969. The van der Waals surface area contributed by atoms with Crippen LogP contribution in [0.3, 0.4) is 0 Å². The van der Waals surface area contributed by atoms with Crippen LogP contribution in [0.25, 0.3) is 0 Å². The van der Waals surface area contributed by atoms with Crippen molar-refractivity contribution < 1.29 is 9.18 Å². The molecule has 0 fully saturated rings. The van der Waals surface area contributed by atoms with Crippen LogP contribution in [-0.4, -0.2) is 10.4 Å². The van der Waals surface area contributed by atoms with E-state index < -0.39 is 5.82 Å². The first-order valence-corrected chi connectivity index (χ1v) is 5.53. The first-order chi connectivity index (χ1) is 8.58. The molecule has 0 N–H and O–H groups in total. The van der Waals surface area contributed by atoms with Crippen LogP contribution in [0.15, 0.2) is 47.3 Å². The number of ketones is 1. The predicted molar refractivity (Wildman–Crippen MR) is 66.2 cm³/mol. The highest BCUT2D eigenvalue weighted by Crippen LogP contribution is 2.06. The van der Waals surface area contributed by atoms with E-state index in [1.54, 1.807) is 19.1 Å². The summed E-state index contributed by atoms with van der Waals surface area (Å²) in [6, 6.07) is 10.2. The van der Waals surface area contributed by atoms with Crippen LogP contribution in [0.1, 0.15) is 16.1 Å². The van der Waals surface area contributed by atoms with Gasteiger partial charge in [0.1, 0.15) is 5.82 Å². The lowest BCUT2D eigenvalue weighted by Gasteiger charge is -2.08. The fraction of sp³-hybridized carbons (Fsp3) is 0.143. The van der Waals surface area contributed by atoms with Crippen molar-refractivity contribution in [1.82, 2.24) is 4.57 Å². The smallest absolute Gasteiger partial charge is 0.251 e. The number of Topliss-reactive ketones (excluding diaryl/α,β-unsaturated/α-hetero) is 1. The van der Waals surface area contributed by atoms with Crippen LogP contribution in [0.2, 0.25) is 0 Å². The van der Waals surface area contributed by atoms with Gasteiger partial charge in [-0.3, -0.25) is 9.59 Å². The van der Waals surface area contributed by atoms with E-state index in [1.807, 2.05) is 0 Å². The topological polar surface area (TPSA) is 39.1 Å². The van der Waals surface area contributed by atoms with Gasteiger partial charge in [-0.25, -0.2) is 4.39 Å². The van der Waals surface area contributed by atoms with Crippen LogP contribution < -0.4 is 5.56 Å². The number of nitrogens with zero attached hydrogens (tertiary/aromatic N) is 1. The third-order valence-electron chi connectivity index (χ3n) is 2.72. The Morgan fingerprint density at radius 3 is 2.61 bits per heavy atom. The third-order valence-corrected chi connectivity index (χ3v) is 2.72. The fourth-order valence-electron chi connectivity index (χ4n) is 1.72. The number of halogens is 1. The van der Waals surface area contributed by atoms with Crippen molar-refractivity contribution >= 4 is 5.78 Å². The molecule has 2 rings (SSSR count). The highest BCUT2D eigenvalue weighted by Gasteiger charge is 2.09. The molecule has 0 radical (unpaired) electrons. The molecule has 0 unspecified atom stereocenters. The number of aromatic nitrogens is 1. The minimum Gasteiger partial charge on any atom is -0.305 e. The van der Waals surface area contributed by atoms with Gasteiger partial charge in [-0.15, -0.1) is 0 Å². The average Bonchev–Trinajstić information content (AvgIpc) is 2.34. The Labute approximate surface area is 104 Å². The molecular weight excluding hydrogens is 233 g/mol. The predicted octanol–water partition coefficient (Wildman–Crippen LogP) is 2.18. The highest BCUT2D eigenvalue weighted by atomic mass is 19.1. The highest BCUT2D eigenvalue weighted by molar-refractivity contribution is 5.95. The summed E-state index contributed by atoms with van der Waals surface area (Å²) in [5, 5.41) is 0. The van der Waals surface area contributed by atoms with Gasteiger partial charge in [-0.2, -0.15) is 0 Å². The average molecular weight is 245 g/mol. The van der Waals surface area contributed by atoms with Gasteiger partial charge in [0.2, 0.25) is 0 Å². The summed E-state index contributed by atoms with van der Waals surface area (Å²) in [5.74, 6) is -0.746. The zero-order valence-electron chi connectivity index (χ0n) is 9.89. The third kappa shape index (κ3) is 2.53. The van der Waals surface area contributed by atoms with Crippen LogP contribution in [0, 0.1) is 12.7 Å². The van der Waals surface area contributed by atoms with Crippen molar-refractivity contribution in [3.05, 3.63) is 69.9 Å². The second-order valence-electron chi connectivity index (χ2n) is 4.03. The second-order valence-corrected chi connectivity index (χ2v) is 4.03. The Hall–Kier alpha value is -2.23. The molecule has 0 saturated heterocycles. The molecule has 0 atom stereocenters. The molecule has 18 heavy (non-hydrogen) atoms. The summed E-state index contributed by atoms with van der Waals surface area (Å²) in [5.41, 5.74) is 0.733. The largest absolute Gasteiger partial charge is 0.305 e. The number of carbonyl (C=O) groups is 1. The number of aryl methyl sites for hydroxylation is 1. The van der Waals surface area contributed by atoms with Crippen molar-refractivity contribution in [1.29, 1.82) is 0 Å². The number of rotatable bonds is 3. The van der Waals surface area contributed by atoms with Gasteiger partial charge < -0.3 is 4.57 Å². The zero-order chi connectivity index (χ0) is 13.1. The Bertz CT molecular complexity index is 646. The molecule has 3 nitrogen and oxygen atoms in total. The van der Waals surface area contributed by atoms with Crippen molar-refractivity contribution in [3.63, 3.8) is 0 Å². The molecule has 0 spiro atoms. The van der Waals surface area contributed by atoms with E-state index in [9.17, 15) is 14.0 Å². The maximum Gasteiger partial charge on any atom is 0.251 e. The lowest BCUT2D eigenvalue weighted by atomic mass is 10.1. The van der Waals surface area contributed by atoms with E-state index >= 15 is 0 Å². The number of pyridine rings is 1. The van der Waals surface area contributed by atoms with Gasteiger partial charge in [-0.1, -0.05) is 18.2 Å². The number of carbonyl (C=O) groups excluding carboxylic acids is 1. The number of hydrogen-bond acceptors (Lipinski definition) is 2. The molecular formula is C14H12FNO2. The van der Waals surface area contributed by atoms with Crippen LogP contribution in [0.5, 0.6) is 0 Å². The van der Waals surface area contributed by atoms with E-state index in [4.69, 9.17) is 0 Å². The van der Waals surface area contributed by atoms with Gasteiger partial charge in [-0.05, 0) is 25.1 Å². The maximum absolute atomic E-state index is 13.0. The standard InChI is InChI=1S/C14H12FNO2/c1-10-4-2-7-14(18)16(10)9-13(17)11-5-3-6-12(15)8-11/h2-8H,9H2,1H3. The summed E-state index contributed by atoms with van der Waals surface area (Å²) >= 11 is 0. The molecule has 4 heteroatoms. The summed E-state index contributed by atoms with van der Waals surface area (Å²) in [7, 11) is 0. The molecule has 0 amide bonds. The molecule has 1 heterocycles. The Morgan fingerprint density at radius 2 is 1.94 bits per heavy atom. The van der Waals surface area contributed by atoms with Crippen molar-refractivity contribution in [2.75, 3.05) is 0 Å². The van der Waals surface area contributed by atoms with E-state index in [0.29, 0.717) is 5.69 Å². The molecule has 0 saturated carbocycles. The number of benzene rings is 1. The second kappa shape index (κ2) is 4.96. The minimum atomic E-state index is -0.460. The van der Waals surface area contributed by atoms with Crippen molar-refractivity contribution in [3.8, 4) is 0 Å². The molecule has 1 aromatic heterocycles. The van der Waals surface area contributed by atoms with E-state index in [1.165, 1.54) is 34.9 Å². The van der Waals surface area contributed by atoms with Gasteiger partial charge in [0.15, 0.2) is 5.78 Å². The summed E-state index contributed by atoms with van der Waals surface area (Å²) in [4.78, 5) is 23.6. The van der Waals surface area contributed by atoms with E-state index in [2.05, 4.69) is 0 Å². The molecule has 0 bridgehead atoms. The molecule has 2 aromatic rings. The fourth-order valence-corrected chi connectivity index (χ4v) is 1.72. The molecule has 1 aromatic carbocycles. The summed E-state index contributed by atoms with van der Waals surface area (Å²) in [6.45, 7) is 1.68. The zero-order valence-corrected chi connectivity index (χ0v) is 9.89. The van der Waals surface area contributed by atoms with E-state index in [-0.39, 0.29) is 23.5 Å². The van der Waals surface area contributed by atoms with Crippen LogP contribution >= 0.6 is 0 Å². The van der Waals surface area contributed by atoms with Crippen LogP contribution in [-0.2, 0) is 6.54 Å². The summed E-state index contributed by atoms with van der Waals surface area (Å²) in [6.07, 6.45) is 0. The SMILES string of the molecule is Cc1cccc(=O)n1CC(=O)c1cccc(F)c1. The summed E-state index contributed by atoms with van der Waals surface area (Å²) < 4.78 is 14.4. The maximum atomic E-state index is 13.0. The Kier molecular flexibility index (Phi) is 3.37. The van der Waals surface area contributed by atoms with Gasteiger partial charge >= 0.3 is 0 Å². The molecule has 0 aliphatic rings. The molecule has 0 aliphatic carbocycles. The van der Waals surface area contributed by atoms with E-state index in [0.717, 1.165) is 0 Å². The molecule has 0 aliphatic heterocycles. The quantitative estimate of drug-likeness (QED) is 0.777. The monoisotopic (exact) mass is 245 g/mol. The Morgan fingerprint density at radius 1 is 1.22 bits per heavy atom. The lowest BCUT2D eigenvalue weighted by Crippen LogP contribution is -2.25. The first kappa shape index (κ1) is 12.2. The normalized spacial score (nSPS) is 10.3. The minimum absolute atomic E-state index is 0.0744. The first-order valence-electron chi connectivity index (χ1n) is 5.53. The molecule has 92 valence electrons. The van der Waals surface area contributed by atoms with Gasteiger partial charge in [0.25, 0.3) is 5.56 Å². The van der Waals surface area contributed by atoms with Crippen molar-refractivity contribution in [2.45, 2.75) is 13.5 Å². The van der Waals surface area contributed by atoms with Crippen molar-refractivity contribution in [2.24, 2.45) is 0 Å². The van der Waals surface area contributed by atoms with Crippen LogP contribution in [0.4, 0.5) is 4.39 Å². The Balaban J connectivity index is 2.30. The number of hydrogen-bond donors (Lipinski definition) is 0. The van der Waals surface area contributed by atoms with Gasteiger partial charge in [0, 0.05) is 17.3 Å². The van der Waals surface area contributed by atoms with Gasteiger partial charge in [0.05, 0.1) is 6.54 Å².